The van der Waals surface area contributed by atoms with Gasteiger partial charge in [0.25, 0.3) is 0 Å². The summed E-state index contributed by atoms with van der Waals surface area (Å²) < 4.78 is 85.3. The lowest BCUT2D eigenvalue weighted by atomic mass is 9.61. The molecule has 3 aliphatic rings. The quantitative estimate of drug-likeness (QED) is 0.202. The normalized spacial score (nSPS) is 22.0. The highest BCUT2D eigenvalue weighted by Crippen LogP contribution is 2.52. The molecule has 2 atom stereocenters. The van der Waals surface area contributed by atoms with Gasteiger partial charge in [-0.05, 0) is 86.6 Å². The van der Waals surface area contributed by atoms with Gasteiger partial charge < -0.3 is 0 Å². The average Bonchev–Trinajstić information content (AvgIpc) is 3.57. The minimum atomic E-state index is -4.69. The predicted molar refractivity (Wildman–Crippen MR) is 147 cm³/mol. The standard InChI is InChI=1S/C30H25F4N5O3S/c31-21-2-4-23(5-3-21)39-27-12-19-1-8-24(43(41,42)25-16-36-38(17-25)22-6-7-22)14-29(19,13-18(27)15-37-39)28(40)26-11-20(9-10-35-26)30(32,33)34/h2-5,9-12,15-17,22,24H,1,6-8,13-14H2/t24-,29-/m0/s1. The zero-order valence-electron chi connectivity index (χ0n) is 22.6. The van der Waals surface area contributed by atoms with Crippen molar-refractivity contribution >= 4 is 21.7 Å². The van der Waals surface area contributed by atoms with E-state index >= 15 is 0 Å². The molecule has 3 heterocycles. The van der Waals surface area contributed by atoms with E-state index in [1.165, 1.54) is 24.5 Å². The third-order valence-corrected chi connectivity index (χ3v) is 10.9. The number of nitrogens with zero attached hydrogens (tertiary/aromatic N) is 5. The second kappa shape index (κ2) is 9.69. The highest BCUT2D eigenvalue weighted by atomic mass is 32.2. The van der Waals surface area contributed by atoms with Gasteiger partial charge in [-0.2, -0.15) is 23.4 Å². The summed E-state index contributed by atoms with van der Waals surface area (Å²) in [7, 11) is -3.92. The van der Waals surface area contributed by atoms with Crippen LogP contribution < -0.4 is 0 Å². The lowest BCUT2D eigenvalue weighted by Gasteiger charge is -2.43. The third kappa shape index (κ3) is 4.70. The van der Waals surface area contributed by atoms with Gasteiger partial charge in [0.2, 0.25) is 0 Å². The number of fused-ring (bicyclic) bond motifs is 2. The fourth-order valence-corrected chi connectivity index (χ4v) is 8.06. The van der Waals surface area contributed by atoms with Crippen molar-refractivity contribution in [1.29, 1.82) is 0 Å². The molecule has 7 rings (SSSR count). The van der Waals surface area contributed by atoms with E-state index in [1.807, 2.05) is 0 Å². The highest BCUT2D eigenvalue weighted by molar-refractivity contribution is 7.92. The van der Waals surface area contributed by atoms with Crippen molar-refractivity contribution in [3.05, 3.63) is 95.1 Å². The van der Waals surface area contributed by atoms with Gasteiger partial charge >= 0.3 is 6.18 Å². The van der Waals surface area contributed by atoms with Crippen molar-refractivity contribution in [2.45, 2.75) is 60.9 Å². The number of sulfone groups is 1. The average molecular weight is 612 g/mol. The van der Waals surface area contributed by atoms with Crippen LogP contribution in [0, 0.1) is 11.2 Å². The minimum absolute atomic E-state index is 0.0273. The SMILES string of the molecule is O=C(c1cc(C(F)(F)F)ccn1)[C@]12Cc3cnn(-c4ccc(F)cc4)c3C=C1CC[C@H](S(=O)(=O)c1cnn(C3CC3)c1)C2. The molecule has 0 N–H and O–H groups in total. The number of carbonyl (C=O) groups excluding carboxylic acids is 1. The van der Waals surface area contributed by atoms with Crippen LogP contribution in [-0.4, -0.2) is 44.0 Å². The van der Waals surface area contributed by atoms with E-state index in [9.17, 15) is 30.8 Å². The number of pyridine rings is 1. The number of rotatable bonds is 6. The number of alkyl halides is 3. The van der Waals surface area contributed by atoms with Crippen LogP contribution in [-0.2, 0) is 22.4 Å². The monoisotopic (exact) mass is 611 g/mol. The van der Waals surface area contributed by atoms with Crippen LogP contribution in [0.4, 0.5) is 17.6 Å². The van der Waals surface area contributed by atoms with E-state index in [-0.39, 0.29) is 42.3 Å². The summed E-state index contributed by atoms with van der Waals surface area (Å²) >= 11 is 0. The Labute approximate surface area is 244 Å². The van der Waals surface area contributed by atoms with Gasteiger partial charge in [-0.25, -0.2) is 17.5 Å². The highest BCUT2D eigenvalue weighted by Gasteiger charge is 2.52. The van der Waals surface area contributed by atoms with Gasteiger partial charge in [-0.15, -0.1) is 0 Å². The van der Waals surface area contributed by atoms with E-state index in [0.717, 1.165) is 31.2 Å². The molecule has 0 unspecified atom stereocenters. The summed E-state index contributed by atoms with van der Waals surface area (Å²) in [5, 5.41) is 7.71. The first-order chi connectivity index (χ1) is 20.5. The summed E-state index contributed by atoms with van der Waals surface area (Å²) in [4.78, 5) is 18.4. The van der Waals surface area contributed by atoms with Crippen LogP contribution in [0.1, 0.15) is 65.5 Å². The number of allylic oxidation sites excluding steroid dienone is 1. The van der Waals surface area contributed by atoms with Crippen molar-refractivity contribution in [2.75, 3.05) is 0 Å². The largest absolute Gasteiger partial charge is 0.416 e. The maximum Gasteiger partial charge on any atom is 0.416 e. The number of benzene rings is 1. The molecule has 2 fully saturated rings. The van der Waals surface area contributed by atoms with Crippen LogP contribution in [0.25, 0.3) is 11.8 Å². The molecule has 3 aromatic heterocycles. The summed E-state index contributed by atoms with van der Waals surface area (Å²) in [6.45, 7) is 0. The van der Waals surface area contributed by atoms with Crippen LogP contribution in [0.2, 0.25) is 0 Å². The maximum atomic E-state index is 14.3. The Balaban J connectivity index is 1.32. The topological polar surface area (TPSA) is 99.7 Å². The lowest BCUT2D eigenvalue weighted by molar-refractivity contribution is -0.137. The Kier molecular flexibility index (Phi) is 6.24. The molecular formula is C30H25F4N5O3S. The Morgan fingerprint density at radius 2 is 1.79 bits per heavy atom. The van der Waals surface area contributed by atoms with Gasteiger partial charge in [-0.1, -0.05) is 5.57 Å². The van der Waals surface area contributed by atoms with Crippen LogP contribution in [0.3, 0.4) is 0 Å². The summed E-state index contributed by atoms with van der Waals surface area (Å²) in [6.07, 6.45) is 4.61. The van der Waals surface area contributed by atoms with Gasteiger partial charge in [-0.3, -0.25) is 14.5 Å². The molecule has 3 aliphatic carbocycles. The molecule has 0 radical (unpaired) electrons. The van der Waals surface area contributed by atoms with Crippen molar-refractivity contribution < 1.29 is 30.8 Å². The number of hydrogen-bond donors (Lipinski definition) is 0. The molecular weight excluding hydrogens is 586 g/mol. The predicted octanol–water partition coefficient (Wildman–Crippen LogP) is 5.79. The molecule has 4 aromatic rings. The first kappa shape index (κ1) is 27.7. The van der Waals surface area contributed by atoms with Gasteiger partial charge in [0.05, 0.1) is 46.0 Å². The fourth-order valence-electron chi connectivity index (χ4n) is 6.29. The Bertz CT molecular complexity index is 1890. The molecule has 8 nitrogen and oxygen atoms in total. The molecule has 1 aromatic carbocycles. The Morgan fingerprint density at radius 3 is 2.51 bits per heavy atom. The van der Waals surface area contributed by atoms with Crippen molar-refractivity contribution in [3.8, 4) is 5.69 Å². The van der Waals surface area contributed by atoms with Crippen LogP contribution in [0.15, 0.2) is 71.7 Å². The fraction of sp³-hybridized carbons (Fsp3) is 0.333. The van der Waals surface area contributed by atoms with E-state index in [0.29, 0.717) is 22.5 Å². The first-order valence-corrected chi connectivity index (χ1v) is 15.4. The van der Waals surface area contributed by atoms with Crippen LogP contribution >= 0.6 is 0 Å². The smallest absolute Gasteiger partial charge is 0.291 e. The second-order valence-corrected chi connectivity index (χ2v) is 13.7. The molecule has 43 heavy (non-hydrogen) atoms. The zero-order chi connectivity index (χ0) is 30.1. The molecule has 2 saturated carbocycles. The number of ketones is 1. The van der Waals surface area contributed by atoms with Crippen molar-refractivity contribution in [2.24, 2.45) is 5.41 Å². The second-order valence-electron chi connectivity index (χ2n) is 11.4. The summed E-state index contributed by atoms with van der Waals surface area (Å²) in [5.41, 5.74) is -0.392. The zero-order valence-corrected chi connectivity index (χ0v) is 23.4. The number of carbonyl (C=O) groups is 1. The number of hydrogen-bond acceptors (Lipinski definition) is 6. The molecule has 0 spiro atoms. The van der Waals surface area contributed by atoms with E-state index in [4.69, 9.17) is 0 Å². The van der Waals surface area contributed by atoms with E-state index in [1.54, 1.807) is 33.8 Å². The maximum absolute atomic E-state index is 14.3. The molecule has 222 valence electrons. The van der Waals surface area contributed by atoms with Crippen molar-refractivity contribution in [1.82, 2.24) is 24.5 Å². The molecule has 0 amide bonds. The third-order valence-electron chi connectivity index (χ3n) is 8.71. The van der Waals surface area contributed by atoms with Gasteiger partial charge in [0, 0.05) is 12.4 Å². The van der Waals surface area contributed by atoms with E-state index in [2.05, 4.69) is 15.2 Å². The summed E-state index contributed by atoms with van der Waals surface area (Å²) in [6, 6.07) is 7.42. The Hall–Kier alpha value is -4.13. The Morgan fingerprint density at radius 1 is 1.02 bits per heavy atom. The molecule has 0 saturated heterocycles. The first-order valence-electron chi connectivity index (χ1n) is 13.9. The molecule has 0 bridgehead atoms. The van der Waals surface area contributed by atoms with E-state index < -0.39 is 43.8 Å². The lowest BCUT2D eigenvalue weighted by Crippen LogP contribution is -2.46. The van der Waals surface area contributed by atoms with Crippen molar-refractivity contribution in [3.63, 3.8) is 0 Å². The number of Topliss-reactive ketones (excluding diaryl/α,β-unsaturated/α-hetero) is 1. The number of halogens is 4. The van der Waals surface area contributed by atoms with Gasteiger partial charge in [0.15, 0.2) is 15.6 Å². The molecule has 13 heteroatoms. The summed E-state index contributed by atoms with van der Waals surface area (Å²) in [5.74, 6) is -1.08. The molecule has 0 aliphatic heterocycles. The van der Waals surface area contributed by atoms with Crippen LogP contribution in [0.5, 0.6) is 0 Å². The van der Waals surface area contributed by atoms with Gasteiger partial charge in [0.1, 0.15) is 16.4 Å². The number of aromatic nitrogens is 5. The minimum Gasteiger partial charge on any atom is -0.291 e.